The predicted molar refractivity (Wildman–Crippen MR) is 93.3 cm³/mol. The molecule has 2 atom stereocenters. The van der Waals surface area contributed by atoms with E-state index in [-0.39, 0.29) is 24.1 Å². The van der Waals surface area contributed by atoms with E-state index in [0.29, 0.717) is 18.0 Å². The van der Waals surface area contributed by atoms with E-state index < -0.39 is 12.4 Å². The minimum Gasteiger partial charge on any atom is -0.406 e. The van der Waals surface area contributed by atoms with E-state index in [4.69, 9.17) is 0 Å². The molecule has 2 heterocycles. The minimum atomic E-state index is -4.72. The lowest BCUT2D eigenvalue weighted by Gasteiger charge is -2.38. The zero-order valence-electron chi connectivity index (χ0n) is 14.2. The van der Waals surface area contributed by atoms with Crippen LogP contribution in [-0.2, 0) is 4.79 Å². The molecule has 2 fully saturated rings. The third-order valence-corrected chi connectivity index (χ3v) is 4.63. The fourth-order valence-corrected chi connectivity index (χ4v) is 3.54. The van der Waals surface area contributed by atoms with Gasteiger partial charge >= 0.3 is 6.36 Å². The molecule has 0 spiro atoms. The predicted octanol–water partition coefficient (Wildman–Crippen LogP) is 2.48. The van der Waals surface area contributed by atoms with E-state index in [1.165, 1.54) is 24.3 Å². The summed E-state index contributed by atoms with van der Waals surface area (Å²) in [6.45, 7) is 4.08. The van der Waals surface area contributed by atoms with Crippen molar-refractivity contribution in [1.29, 1.82) is 0 Å². The molecule has 2 N–H and O–H groups in total. The summed E-state index contributed by atoms with van der Waals surface area (Å²) in [6.07, 6.45) is -2.47. The summed E-state index contributed by atoms with van der Waals surface area (Å²) in [5, 5.41) is 6.21. The molecule has 0 aromatic heterocycles. The number of hydrogen-bond acceptors (Lipinski definition) is 4. The van der Waals surface area contributed by atoms with E-state index in [9.17, 15) is 18.0 Å². The highest BCUT2D eigenvalue weighted by molar-refractivity contribution is 5.85. The van der Waals surface area contributed by atoms with Crippen molar-refractivity contribution >= 4 is 18.3 Å². The average Bonchev–Trinajstić information content (AvgIpc) is 2.56. The highest BCUT2D eigenvalue weighted by Crippen LogP contribution is 2.29. The Balaban J connectivity index is 0.00000243. The first-order valence-corrected chi connectivity index (χ1v) is 8.50. The molecule has 3 rings (SSSR count). The second-order valence-corrected chi connectivity index (χ2v) is 6.52. The molecule has 0 bridgehead atoms. The van der Waals surface area contributed by atoms with Crippen molar-refractivity contribution in [3.8, 4) is 5.75 Å². The Morgan fingerprint density at radius 2 is 1.92 bits per heavy atom. The summed E-state index contributed by atoms with van der Waals surface area (Å²) in [5.74, 6) is 0.0880. The van der Waals surface area contributed by atoms with Gasteiger partial charge in [0, 0.05) is 19.6 Å². The molecule has 1 amide bonds. The topological polar surface area (TPSA) is 53.6 Å². The maximum atomic E-state index is 12.4. The van der Waals surface area contributed by atoms with Crippen molar-refractivity contribution in [2.24, 2.45) is 5.92 Å². The van der Waals surface area contributed by atoms with E-state index in [0.717, 1.165) is 39.0 Å². The summed E-state index contributed by atoms with van der Waals surface area (Å²) in [7, 11) is 0. The first-order valence-electron chi connectivity index (χ1n) is 8.50. The fraction of sp³-hybridized carbons (Fsp3) is 0.588. The van der Waals surface area contributed by atoms with Crippen molar-refractivity contribution in [2.45, 2.75) is 25.2 Å². The Bertz CT molecular complexity index is 592. The van der Waals surface area contributed by atoms with Gasteiger partial charge in [0.15, 0.2) is 0 Å². The number of alkyl halides is 3. The van der Waals surface area contributed by atoms with Gasteiger partial charge in [-0.25, -0.2) is 0 Å². The molecule has 26 heavy (non-hydrogen) atoms. The largest absolute Gasteiger partial charge is 0.573 e. The van der Waals surface area contributed by atoms with Gasteiger partial charge in [0.05, 0.1) is 0 Å². The summed E-state index contributed by atoms with van der Waals surface area (Å²) in [5.41, 5.74) is 0.676. The Labute approximate surface area is 156 Å². The van der Waals surface area contributed by atoms with Crippen molar-refractivity contribution in [1.82, 2.24) is 15.5 Å². The second kappa shape index (κ2) is 8.92. The molecule has 0 radical (unpaired) electrons. The fourth-order valence-electron chi connectivity index (χ4n) is 3.54. The molecule has 5 nitrogen and oxygen atoms in total. The molecule has 9 heteroatoms. The summed E-state index contributed by atoms with van der Waals surface area (Å²) in [6, 6.07) is 5.09. The van der Waals surface area contributed by atoms with Crippen molar-refractivity contribution in [3.05, 3.63) is 29.8 Å². The molecule has 2 unspecified atom stereocenters. The van der Waals surface area contributed by atoms with Gasteiger partial charge in [-0.2, -0.15) is 0 Å². The van der Waals surface area contributed by atoms with Crippen molar-refractivity contribution < 1.29 is 22.7 Å². The number of amides is 1. The summed E-state index contributed by atoms with van der Waals surface area (Å²) < 4.78 is 40.7. The SMILES string of the molecule is Cl.O=C1NCCN(CC2CCCNC2)C1c1ccc(OC(F)(F)F)cc1. The standard InChI is InChI=1S/C17H22F3N3O2.ClH/c18-17(19,20)25-14-5-3-13(4-6-14)15-16(24)22-8-9-23(15)11-12-2-1-7-21-10-12;/h3-6,12,15,21H,1-2,7-11H2,(H,22,24);1H. The van der Waals surface area contributed by atoms with Crippen LogP contribution in [0.1, 0.15) is 24.4 Å². The lowest BCUT2D eigenvalue weighted by molar-refractivity contribution is -0.274. The highest BCUT2D eigenvalue weighted by atomic mass is 35.5. The van der Waals surface area contributed by atoms with Crippen LogP contribution in [0.25, 0.3) is 0 Å². The molecular formula is C17H23ClF3N3O2. The Kier molecular flexibility index (Phi) is 7.14. The Hall–Kier alpha value is -1.51. The molecule has 0 saturated carbocycles. The van der Waals surface area contributed by atoms with E-state index in [2.05, 4.69) is 20.3 Å². The smallest absolute Gasteiger partial charge is 0.406 e. The number of piperidine rings is 1. The van der Waals surface area contributed by atoms with Crippen LogP contribution in [0, 0.1) is 5.92 Å². The Morgan fingerprint density at radius 1 is 1.19 bits per heavy atom. The molecule has 2 saturated heterocycles. The monoisotopic (exact) mass is 393 g/mol. The zero-order chi connectivity index (χ0) is 17.9. The molecule has 1 aromatic carbocycles. The van der Waals surface area contributed by atoms with Crippen LogP contribution in [0.4, 0.5) is 13.2 Å². The number of halogens is 4. The maximum Gasteiger partial charge on any atom is 0.573 e. The number of nitrogens with zero attached hydrogens (tertiary/aromatic N) is 1. The molecule has 2 aliphatic rings. The number of hydrogen-bond donors (Lipinski definition) is 2. The van der Waals surface area contributed by atoms with Gasteiger partial charge in [-0.3, -0.25) is 9.69 Å². The lowest BCUT2D eigenvalue weighted by Crippen LogP contribution is -2.52. The van der Waals surface area contributed by atoms with E-state index >= 15 is 0 Å². The van der Waals surface area contributed by atoms with Gasteiger partial charge in [-0.15, -0.1) is 25.6 Å². The number of carbonyl (C=O) groups excluding carboxylic acids is 1. The molecule has 0 aliphatic carbocycles. The highest BCUT2D eigenvalue weighted by Gasteiger charge is 2.34. The zero-order valence-corrected chi connectivity index (χ0v) is 15.0. The van der Waals surface area contributed by atoms with Crippen LogP contribution in [0.2, 0.25) is 0 Å². The maximum absolute atomic E-state index is 12.4. The van der Waals surface area contributed by atoms with Crippen molar-refractivity contribution in [2.75, 3.05) is 32.7 Å². The first-order chi connectivity index (χ1) is 11.9. The number of nitrogens with one attached hydrogen (secondary N) is 2. The summed E-state index contributed by atoms with van der Waals surface area (Å²) in [4.78, 5) is 14.5. The second-order valence-electron chi connectivity index (χ2n) is 6.52. The van der Waals surface area contributed by atoms with Crippen LogP contribution >= 0.6 is 12.4 Å². The van der Waals surface area contributed by atoms with Gasteiger partial charge in [0.1, 0.15) is 11.8 Å². The minimum absolute atomic E-state index is 0. The normalized spacial score (nSPS) is 24.5. The van der Waals surface area contributed by atoms with Gasteiger partial charge in [-0.1, -0.05) is 12.1 Å². The van der Waals surface area contributed by atoms with Crippen LogP contribution in [-0.4, -0.2) is 49.9 Å². The molecule has 1 aromatic rings. The quantitative estimate of drug-likeness (QED) is 0.825. The first kappa shape index (κ1) is 20.8. The number of carbonyl (C=O) groups is 1. The number of rotatable bonds is 4. The Morgan fingerprint density at radius 3 is 2.54 bits per heavy atom. The van der Waals surface area contributed by atoms with E-state index in [1.54, 1.807) is 0 Å². The summed E-state index contributed by atoms with van der Waals surface area (Å²) >= 11 is 0. The lowest BCUT2D eigenvalue weighted by atomic mass is 9.96. The van der Waals surface area contributed by atoms with E-state index in [1.807, 2.05) is 0 Å². The molecule has 146 valence electrons. The number of benzene rings is 1. The van der Waals surface area contributed by atoms with Crippen LogP contribution in [0.5, 0.6) is 5.75 Å². The average molecular weight is 394 g/mol. The van der Waals surface area contributed by atoms with Crippen molar-refractivity contribution in [3.63, 3.8) is 0 Å². The third kappa shape index (κ3) is 5.49. The van der Waals surface area contributed by atoms with Crippen LogP contribution < -0.4 is 15.4 Å². The van der Waals surface area contributed by atoms with Gasteiger partial charge in [0.2, 0.25) is 5.91 Å². The number of ether oxygens (including phenoxy) is 1. The van der Waals surface area contributed by atoms with Gasteiger partial charge < -0.3 is 15.4 Å². The third-order valence-electron chi connectivity index (χ3n) is 4.63. The number of piperazine rings is 1. The van der Waals surface area contributed by atoms with Gasteiger partial charge in [0.25, 0.3) is 0 Å². The molecule has 2 aliphatic heterocycles. The van der Waals surface area contributed by atoms with Crippen LogP contribution in [0.15, 0.2) is 24.3 Å². The van der Waals surface area contributed by atoms with Gasteiger partial charge in [-0.05, 0) is 49.5 Å². The molecular weight excluding hydrogens is 371 g/mol. The van der Waals surface area contributed by atoms with Crippen LogP contribution in [0.3, 0.4) is 0 Å².